The molecule has 0 unspecified atom stereocenters. The summed E-state index contributed by atoms with van der Waals surface area (Å²) in [6.07, 6.45) is 0. The molecule has 0 heterocycles. The van der Waals surface area contributed by atoms with Gasteiger partial charge in [-0.1, -0.05) is 46.3 Å². The zero-order valence-corrected chi connectivity index (χ0v) is 14.1. The predicted octanol–water partition coefficient (Wildman–Crippen LogP) is 3.99. The lowest BCUT2D eigenvalue weighted by Crippen LogP contribution is -2.22. The van der Waals surface area contributed by atoms with Crippen LogP contribution in [0.4, 0.5) is 5.69 Å². The molecule has 2 aromatic carbocycles. The monoisotopic (exact) mass is 431 g/mol. The van der Waals surface area contributed by atoms with Crippen LogP contribution in [0.3, 0.4) is 0 Å². The number of rotatable bonds is 3. The van der Waals surface area contributed by atoms with E-state index in [0.717, 1.165) is 15.7 Å². The molecule has 0 spiro atoms. The summed E-state index contributed by atoms with van der Waals surface area (Å²) < 4.78 is 1.06. The molecule has 0 fully saturated rings. The number of aliphatic imine (C=N–C) groups is 1. The number of benzene rings is 2. The Morgan fingerprint density at radius 2 is 1.68 bits per heavy atom. The number of halogens is 2. The van der Waals surface area contributed by atoms with E-state index in [4.69, 9.17) is 5.73 Å². The molecule has 0 aromatic heterocycles. The van der Waals surface area contributed by atoms with E-state index in [9.17, 15) is 0 Å². The first-order valence-electron chi connectivity index (χ1n) is 5.60. The van der Waals surface area contributed by atoms with Crippen molar-refractivity contribution in [2.45, 2.75) is 6.54 Å². The maximum absolute atomic E-state index is 5.81. The minimum Gasteiger partial charge on any atom is -0.370 e. The molecule has 19 heavy (non-hydrogen) atoms. The van der Waals surface area contributed by atoms with Crippen molar-refractivity contribution in [2.75, 3.05) is 5.32 Å². The highest BCUT2D eigenvalue weighted by molar-refractivity contribution is 14.0. The number of nitrogens with one attached hydrogen (secondary N) is 1. The third-order valence-corrected chi connectivity index (χ3v) is 2.92. The fourth-order valence-electron chi connectivity index (χ4n) is 1.48. The summed E-state index contributed by atoms with van der Waals surface area (Å²) in [6, 6.07) is 17.8. The van der Waals surface area contributed by atoms with Crippen LogP contribution in [-0.2, 0) is 6.54 Å². The SMILES string of the molecule is I.NC(=NCc1ccc(Br)cc1)Nc1ccccc1. The normalized spacial score (nSPS) is 10.7. The maximum atomic E-state index is 5.81. The Morgan fingerprint density at radius 1 is 1.05 bits per heavy atom. The summed E-state index contributed by atoms with van der Waals surface area (Å²) in [5.74, 6) is 0.420. The largest absolute Gasteiger partial charge is 0.370 e. The Labute approximate surface area is 138 Å². The van der Waals surface area contributed by atoms with E-state index >= 15 is 0 Å². The first-order chi connectivity index (χ1) is 8.74. The van der Waals surface area contributed by atoms with E-state index in [0.29, 0.717) is 12.5 Å². The van der Waals surface area contributed by atoms with Gasteiger partial charge >= 0.3 is 0 Å². The zero-order valence-electron chi connectivity index (χ0n) is 10.2. The second-order valence-corrected chi connectivity index (χ2v) is 4.73. The van der Waals surface area contributed by atoms with Gasteiger partial charge in [0.2, 0.25) is 0 Å². The van der Waals surface area contributed by atoms with E-state index in [2.05, 4.69) is 26.2 Å². The van der Waals surface area contributed by atoms with Crippen LogP contribution in [-0.4, -0.2) is 5.96 Å². The fourth-order valence-corrected chi connectivity index (χ4v) is 1.74. The molecule has 3 nitrogen and oxygen atoms in total. The van der Waals surface area contributed by atoms with Crippen molar-refractivity contribution in [1.82, 2.24) is 0 Å². The number of nitrogens with zero attached hydrogens (tertiary/aromatic N) is 1. The third kappa shape index (κ3) is 5.61. The average Bonchev–Trinajstić information content (AvgIpc) is 2.39. The summed E-state index contributed by atoms with van der Waals surface area (Å²) in [7, 11) is 0. The van der Waals surface area contributed by atoms with Crippen LogP contribution in [0.1, 0.15) is 5.56 Å². The highest BCUT2D eigenvalue weighted by Crippen LogP contribution is 2.11. The third-order valence-electron chi connectivity index (χ3n) is 2.39. The van der Waals surface area contributed by atoms with Gasteiger partial charge < -0.3 is 11.1 Å². The number of guanidine groups is 1. The smallest absolute Gasteiger partial charge is 0.193 e. The topological polar surface area (TPSA) is 50.4 Å². The van der Waals surface area contributed by atoms with Gasteiger partial charge in [-0.15, -0.1) is 24.0 Å². The van der Waals surface area contributed by atoms with Crippen LogP contribution in [0.15, 0.2) is 64.1 Å². The van der Waals surface area contributed by atoms with E-state index < -0.39 is 0 Å². The molecule has 100 valence electrons. The van der Waals surface area contributed by atoms with Gasteiger partial charge in [-0.3, -0.25) is 0 Å². The summed E-state index contributed by atoms with van der Waals surface area (Å²) in [6.45, 7) is 0.568. The van der Waals surface area contributed by atoms with Crippen LogP contribution in [0.25, 0.3) is 0 Å². The highest BCUT2D eigenvalue weighted by atomic mass is 127. The minimum atomic E-state index is 0. The van der Waals surface area contributed by atoms with Crippen molar-refractivity contribution in [1.29, 1.82) is 0 Å². The lowest BCUT2D eigenvalue weighted by Gasteiger charge is -2.05. The van der Waals surface area contributed by atoms with Crippen molar-refractivity contribution >= 4 is 51.6 Å². The molecule has 0 saturated carbocycles. The first-order valence-corrected chi connectivity index (χ1v) is 6.40. The van der Waals surface area contributed by atoms with Gasteiger partial charge in [0.25, 0.3) is 0 Å². The molecule has 0 aliphatic heterocycles. The molecule has 3 N–H and O–H groups in total. The fraction of sp³-hybridized carbons (Fsp3) is 0.0714. The van der Waals surface area contributed by atoms with Crippen LogP contribution < -0.4 is 11.1 Å². The maximum Gasteiger partial charge on any atom is 0.193 e. The number of hydrogen-bond donors (Lipinski definition) is 2. The van der Waals surface area contributed by atoms with Crippen molar-refractivity contribution in [3.63, 3.8) is 0 Å². The van der Waals surface area contributed by atoms with Crippen LogP contribution in [0, 0.1) is 0 Å². The van der Waals surface area contributed by atoms with E-state index in [1.807, 2.05) is 54.6 Å². The Bertz CT molecular complexity index is 526. The number of hydrogen-bond acceptors (Lipinski definition) is 1. The van der Waals surface area contributed by atoms with Gasteiger partial charge in [0.15, 0.2) is 5.96 Å². The number of para-hydroxylation sites is 1. The first kappa shape index (κ1) is 16.0. The molecule has 2 rings (SSSR count). The van der Waals surface area contributed by atoms with Crippen LogP contribution in [0.2, 0.25) is 0 Å². The average molecular weight is 432 g/mol. The van der Waals surface area contributed by atoms with Crippen LogP contribution >= 0.6 is 39.9 Å². The molecule has 0 aliphatic rings. The quantitative estimate of drug-likeness (QED) is 0.438. The molecule has 0 atom stereocenters. The van der Waals surface area contributed by atoms with Gasteiger partial charge in [0, 0.05) is 10.2 Å². The Morgan fingerprint density at radius 3 is 2.32 bits per heavy atom. The van der Waals surface area contributed by atoms with Gasteiger partial charge in [-0.25, -0.2) is 4.99 Å². The van der Waals surface area contributed by atoms with Crippen molar-refractivity contribution in [3.8, 4) is 0 Å². The molecular weight excluding hydrogens is 417 g/mol. The molecule has 5 heteroatoms. The van der Waals surface area contributed by atoms with Gasteiger partial charge in [-0.2, -0.15) is 0 Å². The summed E-state index contributed by atoms with van der Waals surface area (Å²) >= 11 is 3.40. The van der Waals surface area contributed by atoms with Crippen molar-refractivity contribution < 1.29 is 0 Å². The number of nitrogens with two attached hydrogens (primary N) is 1. The molecular formula is C14H15BrIN3. The molecule has 0 amide bonds. The Hall–Kier alpha value is -1.08. The molecule has 0 aliphatic carbocycles. The Kier molecular flexibility index (Phi) is 6.86. The lowest BCUT2D eigenvalue weighted by molar-refractivity contribution is 1.06. The van der Waals surface area contributed by atoms with Gasteiger partial charge in [-0.05, 0) is 29.8 Å². The summed E-state index contributed by atoms with van der Waals surface area (Å²) in [5.41, 5.74) is 7.87. The van der Waals surface area contributed by atoms with E-state index in [1.165, 1.54) is 0 Å². The van der Waals surface area contributed by atoms with E-state index in [1.54, 1.807) is 0 Å². The molecule has 0 radical (unpaired) electrons. The number of anilines is 1. The molecule has 2 aromatic rings. The molecule has 0 bridgehead atoms. The standard InChI is InChI=1S/C14H14BrN3.HI/c15-12-8-6-11(7-9-12)10-17-14(16)18-13-4-2-1-3-5-13;/h1-9H,10H2,(H3,16,17,18);1H. The van der Waals surface area contributed by atoms with Crippen LogP contribution in [0.5, 0.6) is 0 Å². The summed E-state index contributed by atoms with van der Waals surface area (Å²) in [4.78, 5) is 4.29. The second-order valence-electron chi connectivity index (χ2n) is 3.82. The highest BCUT2D eigenvalue weighted by Gasteiger charge is 1.95. The van der Waals surface area contributed by atoms with Gasteiger partial charge in [0.05, 0.1) is 6.54 Å². The van der Waals surface area contributed by atoms with Crippen molar-refractivity contribution in [3.05, 3.63) is 64.6 Å². The minimum absolute atomic E-state index is 0. The van der Waals surface area contributed by atoms with Gasteiger partial charge in [0.1, 0.15) is 0 Å². The lowest BCUT2D eigenvalue weighted by atomic mass is 10.2. The summed E-state index contributed by atoms with van der Waals surface area (Å²) in [5, 5.41) is 3.04. The van der Waals surface area contributed by atoms with Crippen molar-refractivity contribution in [2.24, 2.45) is 10.7 Å². The second kappa shape index (κ2) is 8.16. The molecule has 0 saturated heterocycles. The Balaban J connectivity index is 0.00000180. The predicted molar refractivity (Wildman–Crippen MR) is 94.9 cm³/mol. The van der Waals surface area contributed by atoms with E-state index in [-0.39, 0.29) is 24.0 Å². The zero-order chi connectivity index (χ0) is 12.8.